The normalized spacial score (nSPS) is 14.5. The second-order valence-corrected chi connectivity index (χ2v) is 3.57. The predicted octanol–water partition coefficient (Wildman–Crippen LogP) is 1.73. The van der Waals surface area contributed by atoms with Crippen LogP contribution in [0.4, 0.5) is 4.79 Å². The molecule has 4 heteroatoms. The number of amides is 1. The van der Waals surface area contributed by atoms with E-state index in [-0.39, 0.29) is 18.4 Å². The molecule has 0 saturated carbocycles. The number of carbonyl (C=O) groups excluding carboxylic acids is 1. The van der Waals surface area contributed by atoms with Crippen molar-refractivity contribution in [2.24, 2.45) is 0 Å². The molecule has 1 heterocycles. The molecule has 1 fully saturated rings. The van der Waals surface area contributed by atoms with Gasteiger partial charge in [0.25, 0.3) is 0 Å². The molecule has 1 aliphatic rings. The van der Waals surface area contributed by atoms with Crippen LogP contribution in [0, 0.1) is 0 Å². The number of rotatable bonds is 2. The quantitative estimate of drug-likeness (QED) is 0.803. The number of benzene rings is 1. The third-order valence-electron chi connectivity index (χ3n) is 2.39. The third kappa shape index (κ3) is 2.40. The van der Waals surface area contributed by atoms with Crippen LogP contribution in [0.25, 0.3) is 0 Å². The monoisotopic (exact) mass is 207 g/mol. The number of likely N-dealkylation sites (tertiary alicyclic amines) is 1. The van der Waals surface area contributed by atoms with Gasteiger partial charge in [0.05, 0.1) is 0 Å². The summed E-state index contributed by atoms with van der Waals surface area (Å²) in [6.07, 6.45) is 0.783. The van der Waals surface area contributed by atoms with Crippen molar-refractivity contribution < 1.29 is 14.6 Å². The van der Waals surface area contributed by atoms with Crippen LogP contribution in [0.15, 0.2) is 24.3 Å². The zero-order valence-electron chi connectivity index (χ0n) is 8.35. The first-order valence-electron chi connectivity index (χ1n) is 4.95. The molecule has 1 saturated heterocycles. The Morgan fingerprint density at radius 3 is 2.87 bits per heavy atom. The van der Waals surface area contributed by atoms with Crippen LogP contribution >= 0.6 is 0 Å². The van der Waals surface area contributed by atoms with Gasteiger partial charge >= 0.3 is 6.09 Å². The molecule has 4 nitrogen and oxygen atoms in total. The number of aromatic hydroxyl groups is 1. The van der Waals surface area contributed by atoms with Gasteiger partial charge in [-0.15, -0.1) is 0 Å². The molecule has 80 valence electrons. The lowest BCUT2D eigenvalue weighted by atomic mass is 10.2. The van der Waals surface area contributed by atoms with Crippen LogP contribution in [0.2, 0.25) is 0 Å². The largest absolute Gasteiger partial charge is 0.508 e. The van der Waals surface area contributed by atoms with Gasteiger partial charge in [0, 0.05) is 13.1 Å². The molecule has 0 unspecified atom stereocenters. The van der Waals surface area contributed by atoms with Gasteiger partial charge in [0.2, 0.25) is 0 Å². The van der Waals surface area contributed by atoms with Crippen molar-refractivity contribution in [1.82, 2.24) is 4.90 Å². The van der Waals surface area contributed by atoms with Gasteiger partial charge in [-0.05, 0) is 24.1 Å². The van der Waals surface area contributed by atoms with Crippen molar-refractivity contribution in [2.45, 2.75) is 13.0 Å². The molecular formula is C11H13NO3. The van der Waals surface area contributed by atoms with Crippen LogP contribution in [0.1, 0.15) is 12.0 Å². The molecule has 1 amide bonds. The molecule has 0 atom stereocenters. The Labute approximate surface area is 88.1 Å². The van der Waals surface area contributed by atoms with Gasteiger partial charge in [-0.25, -0.2) is 4.79 Å². The highest BCUT2D eigenvalue weighted by molar-refractivity contribution is 5.68. The van der Waals surface area contributed by atoms with Crippen molar-refractivity contribution in [3.8, 4) is 5.75 Å². The van der Waals surface area contributed by atoms with Gasteiger partial charge < -0.3 is 14.7 Å². The molecule has 1 N–H and O–H groups in total. The fraction of sp³-hybridized carbons (Fsp3) is 0.364. The first-order chi connectivity index (χ1) is 7.25. The Morgan fingerprint density at radius 2 is 2.27 bits per heavy atom. The summed E-state index contributed by atoms with van der Waals surface area (Å²) in [6.45, 7) is 1.79. The summed E-state index contributed by atoms with van der Waals surface area (Å²) in [6, 6.07) is 6.70. The zero-order valence-corrected chi connectivity index (χ0v) is 8.35. The highest BCUT2D eigenvalue weighted by Crippen LogP contribution is 2.13. The van der Waals surface area contributed by atoms with E-state index in [2.05, 4.69) is 0 Å². The van der Waals surface area contributed by atoms with Crippen LogP contribution < -0.4 is 0 Å². The molecule has 1 aromatic rings. The van der Waals surface area contributed by atoms with E-state index < -0.39 is 0 Å². The minimum atomic E-state index is -0.274. The van der Waals surface area contributed by atoms with E-state index in [1.807, 2.05) is 6.07 Å². The summed E-state index contributed by atoms with van der Waals surface area (Å²) in [4.78, 5) is 13.0. The maximum absolute atomic E-state index is 11.3. The number of ether oxygens (including phenoxy) is 1. The summed E-state index contributed by atoms with van der Waals surface area (Å²) in [5.74, 6) is 0.187. The summed E-state index contributed by atoms with van der Waals surface area (Å²) >= 11 is 0. The van der Waals surface area contributed by atoms with Crippen LogP contribution in [0.5, 0.6) is 5.75 Å². The highest BCUT2D eigenvalue weighted by Gasteiger charge is 2.21. The van der Waals surface area contributed by atoms with E-state index in [1.165, 1.54) is 0 Å². The Morgan fingerprint density at radius 1 is 1.47 bits per heavy atom. The average Bonchev–Trinajstić information content (AvgIpc) is 2.12. The minimum absolute atomic E-state index is 0.187. The summed E-state index contributed by atoms with van der Waals surface area (Å²) in [7, 11) is 0. The van der Waals surface area contributed by atoms with Gasteiger partial charge in [-0.3, -0.25) is 0 Å². The van der Waals surface area contributed by atoms with E-state index in [4.69, 9.17) is 4.74 Å². The van der Waals surface area contributed by atoms with Crippen molar-refractivity contribution in [3.05, 3.63) is 29.8 Å². The van der Waals surface area contributed by atoms with Gasteiger partial charge in [-0.1, -0.05) is 12.1 Å². The van der Waals surface area contributed by atoms with E-state index >= 15 is 0 Å². The Kier molecular flexibility index (Phi) is 2.76. The number of nitrogens with zero attached hydrogens (tertiary/aromatic N) is 1. The zero-order chi connectivity index (χ0) is 10.7. The van der Waals surface area contributed by atoms with Crippen molar-refractivity contribution in [3.63, 3.8) is 0 Å². The standard InChI is InChI=1S/C11H13NO3/c13-10-4-1-3-9(7-10)8-15-11(14)12-5-2-6-12/h1,3-4,7,13H,2,5-6,8H2. The lowest BCUT2D eigenvalue weighted by molar-refractivity contribution is 0.0754. The number of carbonyl (C=O) groups is 1. The van der Waals surface area contributed by atoms with E-state index in [0.717, 1.165) is 25.1 Å². The third-order valence-corrected chi connectivity index (χ3v) is 2.39. The molecule has 1 aromatic carbocycles. The molecule has 0 bridgehead atoms. The lowest BCUT2D eigenvalue weighted by Crippen LogP contribution is -2.42. The first-order valence-corrected chi connectivity index (χ1v) is 4.95. The predicted molar refractivity (Wildman–Crippen MR) is 54.5 cm³/mol. The lowest BCUT2D eigenvalue weighted by Gasteiger charge is -2.29. The fourth-order valence-electron chi connectivity index (χ4n) is 1.38. The van der Waals surface area contributed by atoms with E-state index in [1.54, 1.807) is 23.1 Å². The summed E-state index contributed by atoms with van der Waals surface area (Å²) < 4.78 is 5.06. The van der Waals surface area contributed by atoms with Gasteiger partial charge in [0.1, 0.15) is 12.4 Å². The summed E-state index contributed by atoms with van der Waals surface area (Å²) in [5, 5.41) is 9.19. The summed E-state index contributed by atoms with van der Waals surface area (Å²) in [5.41, 5.74) is 0.795. The smallest absolute Gasteiger partial charge is 0.410 e. The van der Waals surface area contributed by atoms with Crippen molar-refractivity contribution in [1.29, 1.82) is 0 Å². The van der Waals surface area contributed by atoms with Gasteiger partial charge in [0.15, 0.2) is 0 Å². The Hall–Kier alpha value is -1.71. The maximum Gasteiger partial charge on any atom is 0.410 e. The Balaban J connectivity index is 1.84. The van der Waals surface area contributed by atoms with Crippen molar-refractivity contribution in [2.75, 3.05) is 13.1 Å². The average molecular weight is 207 g/mol. The molecular weight excluding hydrogens is 194 g/mol. The second kappa shape index (κ2) is 4.21. The molecule has 0 spiro atoms. The first kappa shape index (κ1) is 9.83. The number of hydrogen-bond donors (Lipinski definition) is 1. The SMILES string of the molecule is O=C(OCc1cccc(O)c1)N1CCC1. The molecule has 15 heavy (non-hydrogen) atoms. The number of hydrogen-bond acceptors (Lipinski definition) is 3. The van der Waals surface area contributed by atoms with E-state index in [9.17, 15) is 9.90 Å². The molecule has 2 rings (SSSR count). The van der Waals surface area contributed by atoms with Crippen LogP contribution in [0.3, 0.4) is 0 Å². The van der Waals surface area contributed by atoms with Gasteiger partial charge in [-0.2, -0.15) is 0 Å². The minimum Gasteiger partial charge on any atom is -0.508 e. The highest BCUT2D eigenvalue weighted by atomic mass is 16.6. The fourth-order valence-corrected chi connectivity index (χ4v) is 1.38. The molecule has 0 aromatic heterocycles. The number of phenolic OH excluding ortho intramolecular Hbond substituents is 1. The number of phenols is 1. The van der Waals surface area contributed by atoms with Crippen LogP contribution in [-0.2, 0) is 11.3 Å². The topological polar surface area (TPSA) is 49.8 Å². The molecule has 0 radical (unpaired) electrons. The second-order valence-electron chi connectivity index (χ2n) is 3.57. The maximum atomic E-state index is 11.3. The van der Waals surface area contributed by atoms with Crippen LogP contribution in [-0.4, -0.2) is 29.2 Å². The van der Waals surface area contributed by atoms with E-state index in [0.29, 0.717) is 0 Å². The molecule has 0 aliphatic carbocycles. The Bertz CT molecular complexity index is 361. The van der Waals surface area contributed by atoms with Crippen molar-refractivity contribution >= 4 is 6.09 Å². The molecule has 1 aliphatic heterocycles.